The van der Waals surface area contributed by atoms with Gasteiger partial charge in [-0.1, -0.05) is 18.9 Å². The third-order valence-corrected chi connectivity index (χ3v) is 6.67. The first-order valence-corrected chi connectivity index (χ1v) is 12.2. The predicted molar refractivity (Wildman–Crippen MR) is 127 cm³/mol. The Morgan fingerprint density at radius 1 is 0.969 bits per heavy atom. The van der Waals surface area contributed by atoms with E-state index in [1.54, 1.807) is 23.1 Å². The maximum atomic E-state index is 12.9. The lowest BCUT2D eigenvalue weighted by Gasteiger charge is -2.33. The third-order valence-electron chi connectivity index (χ3n) is 6.67. The van der Waals surface area contributed by atoms with Crippen molar-refractivity contribution in [2.75, 3.05) is 51.1 Å². The van der Waals surface area contributed by atoms with Crippen LogP contribution in [0, 0.1) is 5.92 Å². The van der Waals surface area contributed by atoms with Crippen molar-refractivity contribution < 1.29 is 14.4 Å². The second-order valence-corrected chi connectivity index (χ2v) is 8.90. The van der Waals surface area contributed by atoms with Crippen molar-refractivity contribution in [1.29, 1.82) is 0 Å². The molecule has 3 rings (SSSR count). The van der Waals surface area contributed by atoms with Gasteiger partial charge in [0.15, 0.2) is 0 Å². The molecule has 2 aliphatic rings. The Hall–Kier alpha value is -2.41. The Balaban J connectivity index is 1.47. The summed E-state index contributed by atoms with van der Waals surface area (Å²) in [5, 5.41) is 2.93. The average molecular weight is 443 g/mol. The van der Waals surface area contributed by atoms with Crippen LogP contribution in [0.1, 0.15) is 62.7 Å². The van der Waals surface area contributed by atoms with Crippen molar-refractivity contribution in [3.63, 3.8) is 0 Å². The highest BCUT2D eigenvalue weighted by Gasteiger charge is 2.29. The van der Waals surface area contributed by atoms with E-state index in [0.29, 0.717) is 36.8 Å². The fourth-order valence-corrected chi connectivity index (χ4v) is 4.71. The number of rotatable bonds is 7. The summed E-state index contributed by atoms with van der Waals surface area (Å²) in [5.74, 6) is 0.290. The Morgan fingerprint density at radius 3 is 2.25 bits per heavy atom. The molecule has 2 saturated heterocycles. The Kier molecular flexibility index (Phi) is 9.09. The standard InChI is InChI=1S/C25H38N4O3/c1-3-28(4-2)25(32)21-10-9-11-22(18-21)26-23(30)19-27-16-12-20(13-17-27)24(31)29-14-7-5-6-8-15-29/h9-11,18,20H,3-8,12-17,19H2,1-2H3,(H,26,30). The lowest BCUT2D eigenvalue weighted by Crippen LogP contribution is -2.44. The van der Waals surface area contributed by atoms with Gasteiger partial charge in [-0.3, -0.25) is 19.3 Å². The highest BCUT2D eigenvalue weighted by atomic mass is 16.2. The molecule has 1 N–H and O–H groups in total. The molecule has 3 amide bonds. The summed E-state index contributed by atoms with van der Waals surface area (Å²) < 4.78 is 0. The van der Waals surface area contributed by atoms with Crippen LogP contribution < -0.4 is 5.32 Å². The van der Waals surface area contributed by atoms with Crippen LogP contribution >= 0.6 is 0 Å². The molecule has 0 unspecified atom stereocenters. The van der Waals surface area contributed by atoms with Gasteiger partial charge < -0.3 is 15.1 Å². The topological polar surface area (TPSA) is 73.0 Å². The van der Waals surface area contributed by atoms with E-state index in [2.05, 4.69) is 15.1 Å². The van der Waals surface area contributed by atoms with Crippen molar-refractivity contribution in [3.05, 3.63) is 29.8 Å². The summed E-state index contributed by atoms with van der Waals surface area (Å²) in [7, 11) is 0. The van der Waals surface area contributed by atoms with Gasteiger partial charge in [0.25, 0.3) is 5.91 Å². The minimum atomic E-state index is -0.0882. The number of anilines is 1. The number of likely N-dealkylation sites (tertiary alicyclic amines) is 2. The van der Waals surface area contributed by atoms with Gasteiger partial charge in [-0.05, 0) is 70.8 Å². The molecule has 0 bridgehead atoms. The highest BCUT2D eigenvalue weighted by Crippen LogP contribution is 2.22. The molecule has 176 valence electrons. The molecule has 0 saturated carbocycles. The van der Waals surface area contributed by atoms with E-state index >= 15 is 0 Å². The van der Waals surface area contributed by atoms with Crippen molar-refractivity contribution >= 4 is 23.4 Å². The number of amides is 3. The van der Waals surface area contributed by atoms with Gasteiger partial charge in [0.05, 0.1) is 6.54 Å². The van der Waals surface area contributed by atoms with Crippen LogP contribution in [-0.4, -0.2) is 78.2 Å². The summed E-state index contributed by atoms with van der Waals surface area (Å²) in [5.41, 5.74) is 1.22. The van der Waals surface area contributed by atoms with Crippen LogP contribution in [0.4, 0.5) is 5.69 Å². The van der Waals surface area contributed by atoms with E-state index in [1.165, 1.54) is 12.8 Å². The van der Waals surface area contributed by atoms with Crippen molar-refractivity contribution in [2.24, 2.45) is 5.92 Å². The Bertz CT molecular complexity index is 777. The summed E-state index contributed by atoms with van der Waals surface area (Å²) >= 11 is 0. The Labute approximate surface area is 192 Å². The van der Waals surface area contributed by atoms with Crippen molar-refractivity contribution in [3.8, 4) is 0 Å². The molecule has 0 aromatic heterocycles. The predicted octanol–water partition coefficient (Wildman–Crippen LogP) is 3.22. The lowest BCUT2D eigenvalue weighted by molar-refractivity contribution is -0.137. The number of benzene rings is 1. The summed E-state index contributed by atoms with van der Waals surface area (Å²) in [6.07, 6.45) is 6.32. The average Bonchev–Trinajstić information content (AvgIpc) is 3.09. The third kappa shape index (κ3) is 6.55. The second kappa shape index (κ2) is 12.0. The molecule has 2 fully saturated rings. The van der Waals surface area contributed by atoms with E-state index in [9.17, 15) is 14.4 Å². The minimum absolute atomic E-state index is 0.0257. The number of carbonyl (C=O) groups is 3. The molecule has 0 spiro atoms. The second-order valence-electron chi connectivity index (χ2n) is 8.90. The molecule has 1 aromatic rings. The summed E-state index contributed by atoms with van der Waals surface area (Å²) in [6, 6.07) is 7.13. The van der Waals surface area contributed by atoms with Crippen LogP contribution in [0.25, 0.3) is 0 Å². The van der Waals surface area contributed by atoms with Gasteiger partial charge in [-0.2, -0.15) is 0 Å². The minimum Gasteiger partial charge on any atom is -0.342 e. The zero-order chi connectivity index (χ0) is 22.9. The number of piperidine rings is 1. The van der Waals surface area contributed by atoms with Crippen LogP contribution in [-0.2, 0) is 9.59 Å². The van der Waals surface area contributed by atoms with E-state index in [1.807, 2.05) is 19.9 Å². The molecule has 7 nitrogen and oxygen atoms in total. The fourth-order valence-electron chi connectivity index (χ4n) is 4.71. The highest BCUT2D eigenvalue weighted by molar-refractivity contribution is 5.97. The monoisotopic (exact) mass is 442 g/mol. The number of carbonyl (C=O) groups excluding carboxylic acids is 3. The molecule has 1 aromatic carbocycles. The van der Waals surface area contributed by atoms with Gasteiger partial charge >= 0.3 is 0 Å². The van der Waals surface area contributed by atoms with E-state index in [-0.39, 0.29) is 17.7 Å². The number of hydrogen-bond donors (Lipinski definition) is 1. The molecule has 0 aliphatic carbocycles. The quantitative estimate of drug-likeness (QED) is 0.704. The number of nitrogens with one attached hydrogen (secondary N) is 1. The smallest absolute Gasteiger partial charge is 0.253 e. The van der Waals surface area contributed by atoms with E-state index in [4.69, 9.17) is 0 Å². The van der Waals surface area contributed by atoms with Crippen molar-refractivity contribution in [1.82, 2.24) is 14.7 Å². The van der Waals surface area contributed by atoms with E-state index in [0.717, 1.165) is 51.9 Å². The first-order chi connectivity index (χ1) is 15.5. The summed E-state index contributed by atoms with van der Waals surface area (Å²) in [4.78, 5) is 43.9. The number of hydrogen-bond acceptors (Lipinski definition) is 4. The Morgan fingerprint density at radius 2 is 1.62 bits per heavy atom. The maximum absolute atomic E-state index is 12.9. The zero-order valence-corrected chi connectivity index (χ0v) is 19.6. The zero-order valence-electron chi connectivity index (χ0n) is 19.6. The molecule has 0 radical (unpaired) electrons. The molecule has 32 heavy (non-hydrogen) atoms. The fraction of sp³-hybridized carbons (Fsp3) is 0.640. The maximum Gasteiger partial charge on any atom is 0.253 e. The van der Waals surface area contributed by atoms with Crippen LogP contribution in [0.15, 0.2) is 24.3 Å². The molecular formula is C25H38N4O3. The summed E-state index contributed by atoms with van der Waals surface area (Å²) in [6.45, 7) is 8.85. The molecule has 7 heteroatoms. The lowest BCUT2D eigenvalue weighted by atomic mass is 9.95. The first-order valence-electron chi connectivity index (χ1n) is 12.2. The van der Waals surface area contributed by atoms with Gasteiger partial charge in [-0.15, -0.1) is 0 Å². The SMILES string of the molecule is CCN(CC)C(=O)c1cccc(NC(=O)CN2CCC(C(=O)N3CCCCCC3)CC2)c1. The largest absolute Gasteiger partial charge is 0.342 e. The molecule has 2 aliphatic heterocycles. The van der Waals surface area contributed by atoms with Gasteiger partial charge in [0.2, 0.25) is 11.8 Å². The van der Waals surface area contributed by atoms with E-state index < -0.39 is 0 Å². The van der Waals surface area contributed by atoms with Gasteiger partial charge in [-0.25, -0.2) is 0 Å². The van der Waals surface area contributed by atoms with Crippen molar-refractivity contribution in [2.45, 2.75) is 52.4 Å². The first kappa shape index (κ1) is 24.2. The molecule has 0 atom stereocenters. The molecular weight excluding hydrogens is 404 g/mol. The van der Waals surface area contributed by atoms with Gasteiger partial charge in [0, 0.05) is 43.3 Å². The van der Waals surface area contributed by atoms with Crippen LogP contribution in [0.5, 0.6) is 0 Å². The molecule has 2 heterocycles. The van der Waals surface area contributed by atoms with Crippen LogP contribution in [0.2, 0.25) is 0 Å². The van der Waals surface area contributed by atoms with Crippen LogP contribution in [0.3, 0.4) is 0 Å². The number of nitrogens with zero attached hydrogens (tertiary/aromatic N) is 3. The normalized spacial score (nSPS) is 18.1. The van der Waals surface area contributed by atoms with Gasteiger partial charge in [0.1, 0.15) is 0 Å².